The zero-order valence-electron chi connectivity index (χ0n) is 22.6. The van der Waals surface area contributed by atoms with Gasteiger partial charge in [-0.3, -0.25) is 14.2 Å². The summed E-state index contributed by atoms with van der Waals surface area (Å²) in [5, 5.41) is 0. The first-order valence-electron chi connectivity index (χ1n) is 12.5. The lowest BCUT2D eigenvalue weighted by Crippen LogP contribution is -2.30. The maximum atomic E-state index is 13.7. The fourth-order valence-electron chi connectivity index (χ4n) is 3.99. The average molecular weight is 519 g/mol. The summed E-state index contributed by atoms with van der Waals surface area (Å²) in [6.07, 6.45) is 4.30. The van der Waals surface area contributed by atoms with Crippen LogP contribution < -0.4 is 5.56 Å². The summed E-state index contributed by atoms with van der Waals surface area (Å²) in [4.78, 5) is 48.8. The molecule has 0 amide bonds. The van der Waals surface area contributed by atoms with Gasteiger partial charge in [-0.05, 0) is 35.6 Å². The molecule has 0 radical (unpaired) electrons. The number of benzene rings is 2. The van der Waals surface area contributed by atoms with E-state index in [9.17, 15) is 14.4 Å². The first kappa shape index (κ1) is 28.3. The predicted molar refractivity (Wildman–Crippen MR) is 147 cm³/mol. The van der Waals surface area contributed by atoms with Gasteiger partial charge in [0.15, 0.2) is 0 Å². The SMILES string of the molecule is CCCCc1nc(/N=C/N(C)C)n(CC(=O)OC)c(=O)c1Cc1ccc(-c2ccccc2C(=O)OC)cc1. The molecule has 0 saturated heterocycles. The fourth-order valence-corrected chi connectivity index (χ4v) is 3.99. The second-order valence-corrected chi connectivity index (χ2v) is 9.03. The summed E-state index contributed by atoms with van der Waals surface area (Å²) in [6.45, 7) is 1.79. The van der Waals surface area contributed by atoms with E-state index in [1.54, 1.807) is 23.4 Å². The molecule has 0 bridgehead atoms. The summed E-state index contributed by atoms with van der Waals surface area (Å²) in [5.74, 6) is -0.797. The maximum Gasteiger partial charge on any atom is 0.338 e. The Kier molecular flexibility index (Phi) is 9.92. The molecule has 1 heterocycles. The Balaban J connectivity index is 2.05. The van der Waals surface area contributed by atoms with E-state index in [0.717, 1.165) is 29.5 Å². The fraction of sp³-hybridized carbons (Fsp3) is 0.345. The van der Waals surface area contributed by atoms with E-state index in [2.05, 4.69) is 11.9 Å². The number of hydrogen-bond donors (Lipinski definition) is 0. The summed E-state index contributed by atoms with van der Waals surface area (Å²) in [5.41, 5.74) is 3.87. The zero-order chi connectivity index (χ0) is 27.7. The van der Waals surface area contributed by atoms with Crippen LogP contribution in [0.2, 0.25) is 0 Å². The molecule has 0 unspecified atom stereocenters. The van der Waals surface area contributed by atoms with Gasteiger partial charge in [-0.15, -0.1) is 0 Å². The van der Waals surface area contributed by atoms with Crippen molar-refractivity contribution in [1.29, 1.82) is 0 Å². The summed E-state index contributed by atoms with van der Waals surface area (Å²) >= 11 is 0. The van der Waals surface area contributed by atoms with Gasteiger partial charge in [-0.1, -0.05) is 55.8 Å². The van der Waals surface area contributed by atoms with Crippen molar-refractivity contribution in [2.24, 2.45) is 4.99 Å². The van der Waals surface area contributed by atoms with Crippen molar-refractivity contribution in [1.82, 2.24) is 14.5 Å². The van der Waals surface area contributed by atoms with Crippen LogP contribution in [-0.4, -0.2) is 61.0 Å². The number of carbonyl (C=O) groups is 2. The van der Waals surface area contributed by atoms with Crippen molar-refractivity contribution in [3.63, 3.8) is 0 Å². The molecule has 9 heteroatoms. The normalized spacial score (nSPS) is 11.0. The minimum atomic E-state index is -0.559. The van der Waals surface area contributed by atoms with Crippen LogP contribution in [0.5, 0.6) is 0 Å². The molecule has 0 aliphatic heterocycles. The van der Waals surface area contributed by atoms with E-state index >= 15 is 0 Å². The number of carbonyl (C=O) groups excluding carboxylic acids is 2. The number of ether oxygens (including phenoxy) is 2. The molecule has 200 valence electrons. The molecule has 9 nitrogen and oxygen atoms in total. The van der Waals surface area contributed by atoms with Crippen molar-refractivity contribution < 1.29 is 19.1 Å². The molecule has 0 aliphatic rings. The first-order valence-corrected chi connectivity index (χ1v) is 12.5. The number of rotatable bonds is 11. The molecular formula is C29H34N4O5. The number of methoxy groups -OCH3 is 2. The minimum Gasteiger partial charge on any atom is -0.468 e. The third-order valence-corrected chi connectivity index (χ3v) is 5.99. The standard InChI is InChI=1S/C29H34N4O5/c1-6-7-12-25-24(27(35)33(18-26(34)37-4)29(31-25)30-19-32(2)3)17-20-13-15-21(16-14-20)22-10-8-9-11-23(22)28(36)38-5/h8-11,13-16,19H,6-7,12,17-18H2,1-5H3/b30-19+. The second kappa shape index (κ2) is 13.3. The van der Waals surface area contributed by atoms with E-state index in [4.69, 9.17) is 14.5 Å². The largest absolute Gasteiger partial charge is 0.468 e. The van der Waals surface area contributed by atoms with Crippen LogP contribution >= 0.6 is 0 Å². The van der Waals surface area contributed by atoms with Gasteiger partial charge in [-0.25, -0.2) is 14.8 Å². The molecule has 38 heavy (non-hydrogen) atoms. The number of aromatic nitrogens is 2. The van der Waals surface area contributed by atoms with Crippen LogP contribution in [0.1, 0.15) is 46.9 Å². The number of aliphatic imine (C=N–C) groups is 1. The van der Waals surface area contributed by atoms with Crippen molar-refractivity contribution in [2.75, 3.05) is 28.3 Å². The Hall–Kier alpha value is -4.27. The molecule has 3 rings (SSSR count). The average Bonchev–Trinajstić information content (AvgIpc) is 2.93. The van der Waals surface area contributed by atoms with Gasteiger partial charge < -0.3 is 14.4 Å². The Bertz CT molecular complexity index is 1360. The topological polar surface area (TPSA) is 103 Å². The molecule has 0 aliphatic carbocycles. The molecule has 1 aromatic heterocycles. The Morgan fingerprint density at radius 1 is 1.05 bits per heavy atom. The van der Waals surface area contributed by atoms with E-state index in [-0.39, 0.29) is 18.1 Å². The lowest BCUT2D eigenvalue weighted by atomic mass is 9.96. The second-order valence-electron chi connectivity index (χ2n) is 9.03. The lowest BCUT2D eigenvalue weighted by molar-refractivity contribution is -0.141. The first-order chi connectivity index (χ1) is 18.3. The molecule has 0 fully saturated rings. The smallest absolute Gasteiger partial charge is 0.338 e. The van der Waals surface area contributed by atoms with E-state index < -0.39 is 11.9 Å². The summed E-state index contributed by atoms with van der Waals surface area (Å²) < 4.78 is 11.0. The Labute approximate surface area is 222 Å². The van der Waals surface area contributed by atoms with Crippen molar-refractivity contribution in [2.45, 2.75) is 39.2 Å². The van der Waals surface area contributed by atoms with Gasteiger partial charge >= 0.3 is 11.9 Å². The monoisotopic (exact) mass is 518 g/mol. The van der Waals surface area contributed by atoms with Crippen LogP contribution in [0.15, 0.2) is 58.3 Å². The highest BCUT2D eigenvalue weighted by Crippen LogP contribution is 2.25. The van der Waals surface area contributed by atoms with Crippen LogP contribution in [0.4, 0.5) is 5.95 Å². The molecule has 0 N–H and O–H groups in total. The highest BCUT2D eigenvalue weighted by Gasteiger charge is 2.19. The molecule has 0 spiro atoms. The number of aryl methyl sites for hydroxylation is 1. The number of hydrogen-bond acceptors (Lipinski definition) is 7. The molecule has 2 aromatic carbocycles. The van der Waals surface area contributed by atoms with Gasteiger partial charge in [0.05, 0.1) is 31.8 Å². The number of unbranched alkanes of at least 4 members (excludes halogenated alkanes) is 1. The maximum absolute atomic E-state index is 13.7. The number of esters is 2. The Morgan fingerprint density at radius 2 is 1.76 bits per heavy atom. The highest BCUT2D eigenvalue weighted by atomic mass is 16.5. The van der Waals surface area contributed by atoms with Crippen molar-refractivity contribution >= 4 is 24.2 Å². The van der Waals surface area contributed by atoms with Gasteiger partial charge in [0.25, 0.3) is 5.56 Å². The van der Waals surface area contributed by atoms with E-state index in [1.807, 2.05) is 50.5 Å². The summed E-state index contributed by atoms with van der Waals surface area (Å²) in [6, 6.07) is 14.9. The molecule has 3 aromatic rings. The quantitative estimate of drug-likeness (QED) is 0.215. The zero-order valence-corrected chi connectivity index (χ0v) is 22.6. The van der Waals surface area contributed by atoms with E-state index in [1.165, 1.54) is 18.8 Å². The van der Waals surface area contributed by atoms with Gasteiger partial charge in [0.1, 0.15) is 6.54 Å². The summed E-state index contributed by atoms with van der Waals surface area (Å²) in [7, 11) is 6.26. The van der Waals surface area contributed by atoms with Gasteiger partial charge in [0, 0.05) is 26.1 Å². The lowest BCUT2D eigenvalue weighted by Gasteiger charge is -2.15. The van der Waals surface area contributed by atoms with Gasteiger partial charge in [-0.2, -0.15) is 0 Å². The van der Waals surface area contributed by atoms with Gasteiger partial charge in [0.2, 0.25) is 5.95 Å². The minimum absolute atomic E-state index is 0.165. The van der Waals surface area contributed by atoms with Crippen LogP contribution in [-0.2, 0) is 33.7 Å². The van der Waals surface area contributed by atoms with Crippen molar-refractivity contribution in [3.8, 4) is 11.1 Å². The highest BCUT2D eigenvalue weighted by molar-refractivity contribution is 5.97. The van der Waals surface area contributed by atoms with E-state index in [0.29, 0.717) is 29.7 Å². The number of nitrogens with zero attached hydrogens (tertiary/aromatic N) is 4. The molecule has 0 atom stereocenters. The van der Waals surface area contributed by atoms with Crippen molar-refractivity contribution in [3.05, 3.63) is 81.3 Å². The van der Waals surface area contributed by atoms with Crippen LogP contribution in [0, 0.1) is 0 Å². The van der Waals surface area contributed by atoms with Crippen LogP contribution in [0.25, 0.3) is 11.1 Å². The Morgan fingerprint density at radius 3 is 2.39 bits per heavy atom. The molecule has 0 saturated carbocycles. The third kappa shape index (κ3) is 6.94. The predicted octanol–water partition coefficient (Wildman–Crippen LogP) is 4.02. The third-order valence-electron chi connectivity index (χ3n) is 5.99. The molecular weight excluding hydrogens is 484 g/mol. The van der Waals surface area contributed by atoms with Crippen LogP contribution in [0.3, 0.4) is 0 Å².